The number of ether oxygens (including phenoxy) is 1. The highest BCUT2D eigenvalue weighted by atomic mass is 35.5. The molecule has 1 atom stereocenters. The molecule has 2 aromatic rings. The van der Waals surface area contributed by atoms with Gasteiger partial charge in [0, 0.05) is 23.1 Å². The number of carbonyl (C=O) groups is 4. The van der Waals surface area contributed by atoms with E-state index in [4.69, 9.17) is 16.3 Å². The number of esters is 1. The van der Waals surface area contributed by atoms with Gasteiger partial charge in [-0.15, -0.1) is 0 Å². The first-order valence-electron chi connectivity index (χ1n) is 9.06. The van der Waals surface area contributed by atoms with Gasteiger partial charge in [0.1, 0.15) is 5.56 Å². The standard InChI is InChI=1S/C20H16ClN3O7/c21-14-7-5-12(6-8-14)17(25)11-31-20(28)13-9-18(26)23(10-13)22-19(27)15-3-1-2-4-16(15)24(29)30/h1-8,13H,9-11H2,(H,22,27)/t13-/m0/s1. The van der Waals surface area contributed by atoms with E-state index < -0.39 is 46.7 Å². The molecule has 0 spiro atoms. The number of amides is 2. The van der Waals surface area contributed by atoms with Crippen molar-refractivity contribution in [1.29, 1.82) is 0 Å². The van der Waals surface area contributed by atoms with Gasteiger partial charge in [-0.25, -0.2) is 0 Å². The third kappa shape index (κ3) is 5.23. The third-order valence-corrected chi connectivity index (χ3v) is 4.80. The minimum absolute atomic E-state index is 0.181. The lowest BCUT2D eigenvalue weighted by atomic mass is 10.1. The zero-order chi connectivity index (χ0) is 22.5. The van der Waals surface area contributed by atoms with Gasteiger partial charge < -0.3 is 4.74 Å². The number of halogens is 1. The average Bonchev–Trinajstić information content (AvgIpc) is 3.12. The quantitative estimate of drug-likeness (QED) is 0.298. The first kappa shape index (κ1) is 21.9. The Bertz CT molecular complexity index is 1050. The molecule has 0 saturated carbocycles. The van der Waals surface area contributed by atoms with E-state index in [1.807, 2.05) is 0 Å². The Balaban J connectivity index is 1.56. The van der Waals surface area contributed by atoms with E-state index in [9.17, 15) is 29.3 Å². The first-order chi connectivity index (χ1) is 14.8. The molecule has 1 saturated heterocycles. The topological polar surface area (TPSA) is 136 Å². The van der Waals surface area contributed by atoms with Crippen molar-refractivity contribution in [1.82, 2.24) is 10.4 Å². The zero-order valence-electron chi connectivity index (χ0n) is 15.9. The molecule has 160 valence electrons. The molecule has 0 bridgehead atoms. The zero-order valence-corrected chi connectivity index (χ0v) is 16.7. The second-order valence-corrected chi connectivity index (χ2v) is 7.09. The maximum absolute atomic E-state index is 12.4. The number of Topliss-reactive ketones (excluding diaryl/α,β-unsaturated/α-hetero) is 1. The lowest BCUT2D eigenvalue weighted by Gasteiger charge is -2.17. The minimum atomic E-state index is -0.892. The summed E-state index contributed by atoms with van der Waals surface area (Å²) in [4.78, 5) is 59.2. The van der Waals surface area contributed by atoms with Crippen LogP contribution in [0.1, 0.15) is 27.1 Å². The first-order valence-corrected chi connectivity index (χ1v) is 9.44. The number of benzene rings is 2. The van der Waals surface area contributed by atoms with Crippen molar-refractivity contribution in [2.45, 2.75) is 6.42 Å². The fourth-order valence-electron chi connectivity index (χ4n) is 2.95. The molecule has 1 heterocycles. The van der Waals surface area contributed by atoms with Crippen molar-refractivity contribution < 1.29 is 28.8 Å². The third-order valence-electron chi connectivity index (χ3n) is 4.55. The molecule has 0 radical (unpaired) electrons. The van der Waals surface area contributed by atoms with Gasteiger partial charge in [0.2, 0.25) is 5.91 Å². The maximum Gasteiger partial charge on any atom is 0.311 e. The van der Waals surface area contributed by atoms with Crippen molar-refractivity contribution >= 4 is 40.9 Å². The van der Waals surface area contributed by atoms with E-state index in [0.717, 1.165) is 5.01 Å². The second kappa shape index (κ2) is 9.35. The van der Waals surface area contributed by atoms with Crippen LogP contribution < -0.4 is 5.43 Å². The van der Waals surface area contributed by atoms with Crippen molar-refractivity contribution in [2.75, 3.05) is 13.2 Å². The Kier molecular flexibility index (Phi) is 6.61. The summed E-state index contributed by atoms with van der Waals surface area (Å²) in [5.74, 6) is -3.50. The van der Waals surface area contributed by atoms with E-state index in [0.29, 0.717) is 10.6 Å². The normalized spacial score (nSPS) is 15.5. The summed E-state index contributed by atoms with van der Waals surface area (Å²) in [6, 6.07) is 11.3. The maximum atomic E-state index is 12.4. The summed E-state index contributed by atoms with van der Waals surface area (Å²) in [6.45, 7) is -0.688. The van der Waals surface area contributed by atoms with Crippen LogP contribution in [0.15, 0.2) is 48.5 Å². The van der Waals surface area contributed by atoms with Crippen LogP contribution in [0.2, 0.25) is 5.02 Å². The smallest absolute Gasteiger partial charge is 0.311 e. The molecular formula is C20H16ClN3O7. The highest BCUT2D eigenvalue weighted by molar-refractivity contribution is 6.30. The summed E-state index contributed by atoms with van der Waals surface area (Å²) in [6.07, 6.45) is -0.231. The molecule has 0 unspecified atom stereocenters. The Hall–Kier alpha value is -3.79. The number of hydrazine groups is 1. The summed E-state index contributed by atoms with van der Waals surface area (Å²) >= 11 is 5.76. The lowest BCUT2D eigenvalue weighted by molar-refractivity contribution is -0.385. The summed E-state index contributed by atoms with van der Waals surface area (Å²) < 4.78 is 5.01. The van der Waals surface area contributed by atoms with Crippen LogP contribution in [0.4, 0.5) is 5.69 Å². The molecule has 0 aliphatic carbocycles. The lowest BCUT2D eigenvalue weighted by Crippen LogP contribution is -2.43. The van der Waals surface area contributed by atoms with Crippen molar-refractivity contribution in [3.8, 4) is 0 Å². The average molecular weight is 446 g/mol. The van der Waals surface area contributed by atoms with Gasteiger partial charge in [0.05, 0.1) is 17.4 Å². The van der Waals surface area contributed by atoms with Crippen LogP contribution in [-0.4, -0.2) is 46.7 Å². The van der Waals surface area contributed by atoms with Crippen LogP contribution >= 0.6 is 11.6 Å². The number of ketones is 1. The molecule has 0 aromatic heterocycles. The highest BCUT2D eigenvalue weighted by Gasteiger charge is 2.37. The van der Waals surface area contributed by atoms with Gasteiger partial charge in [0.25, 0.3) is 11.6 Å². The number of hydrogen-bond donors (Lipinski definition) is 1. The number of carbonyl (C=O) groups excluding carboxylic acids is 4. The van der Waals surface area contributed by atoms with Crippen LogP contribution in [-0.2, 0) is 14.3 Å². The number of nitro groups is 1. The van der Waals surface area contributed by atoms with Gasteiger partial charge in [-0.2, -0.15) is 0 Å². The van der Waals surface area contributed by atoms with Gasteiger partial charge in [-0.3, -0.25) is 39.7 Å². The van der Waals surface area contributed by atoms with E-state index in [-0.39, 0.29) is 18.5 Å². The van der Waals surface area contributed by atoms with E-state index >= 15 is 0 Å². The Labute approximate surface area is 180 Å². The number of para-hydroxylation sites is 1. The monoisotopic (exact) mass is 445 g/mol. The van der Waals surface area contributed by atoms with Crippen molar-refractivity contribution in [3.05, 3.63) is 74.8 Å². The molecule has 1 aliphatic heterocycles. The Morgan fingerprint density at radius 3 is 2.52 bits per heavy atom. The van der Waals surface area contributed by atoms with Crippen molar-refractivity contribution in [2.24, 2.45) is 5.92 Å². The van der Waals surface area contributed by atoms with Crippen LogP contribution in [0.3, 0.4) is 0 Å². The fraction of sp³-hybridized carbons (Fsp3) is 0.200. The fourth-order valence-corrected chi connectivity index (χ4v) is 3.08. The van der Waals surface area contributed by atoms with Crippen LogP contribution in [0, 0.1) is 16.0 Å². The number of nitrogens with zero attached hydrogens (tertiary/aromatic N) is 2. The highest BCUT2D eigenvalue weighted by Crippen LogP contribution is 2.21. The molecule has 10 nitrogen and oxygen atoms in total. The molecular weight excluding hydrogens is 430 g/mol. The Morgan fingerprint density at radius 1 is 1.16 bits per heavy atom. The molecule has 2 amide bonds. The predicted octanol–water partition coefficient (Wildman–Crippen LogP) is 2.17. The van der Waals surface area contributed by atoms with Gasteiger partial charge in [0.15, 0.2) is 12.4 Å². The molecule has 31 heavy (non-hydrogen) atoms. The number of hydrogen-bond acceptors (Lipinski definition) is 7. The summed E-state index contributed by atoms with van der Waals surface area (Å²) in [5.41, 5.74) is 1.96. The largest absolute Gasteiger partial charge is 0.457 e. The Morgan fingerprint density at radius 2 is 1.84 bits per heavy atom. The van der Waals surface area contributed by atoms with Gasteiger partial charge in [-0.1, -0.05) is 23.7 Å². The van der Waals surface area contributed by atoms with Gasteiger partial charge >= 0.3 is 5.97 Å². The molecule has 3 rings (SSSR count). The predicted molar refractivity (Wildman–Crippen MR) is 107 cm³/mol. The van der Waals surface area contributed by atoms with Gasteiger partial charge in [-0.05, 0) is 30.3 Å². The minimum Gasteiger partial charge on any atom is -0.457 e. The van der Waals surface area contributed by atoms with E-state index in [2.05, 4.69) is 5.43 Å². The number of nitro benzene ring substituents is 1. The molecule has 2 aromatic carbocycles. The molecule has 1 aliphatic rings. The summed E-state index contributed by atoms with van der Waals surface area (Å²) in [5, 5.41) is 12.4. The number of nitrogens with one attached hydrogen (secondary N) is 1. The van der Waals surface area contributed by atoms with Crippen LogP contribution in [0.5, 0.6) is 0 Å². The molecule has 11 heteroatoms. The van der Waals surface area contributed by atoms with Crippen molar-refractivity contribution in [3.63, 3.8) is 0 Å². The summed E-state index contributed by atoms with van der Waals surface area (Å²) in [7, 11) is 0. The molecule has 1 N–H and O–H groups in total. The van der Waals surface area contributed by atoms with E-state index in [1.54, 1.807) is 0 Å². The molecule has 1 fully saturated rings. The van der Waals surface area contributed by atoms with E-state index in [1.165, 1.54) is 48.5 Å². The number of rotatable bonds is 7. The second-order valence-electron chi connectivity index (χ2n) is 6.66. The van der Waals surface area contributed by atoms with Crippen LogP contribution in [0.25, 0.3) is 0 Å². The SMILES string of the molecule is O=C(COC(=O)[C@H]1CC(=O)N(NC(=O)c2ccccc2[N+](=O)[O-])C1)c1ccc(Cl)cc1.